The molecule has 1 atom stereocenters. The second-order valence-electron chi connectivity index (χ2n) is 8.21. The number of hydrogen-bond donors (Lipinski definition) is 2. The Bertz CT molecular complexity index is 833. The lowest BCUT2D eigenvalue weighted by Gasteiger charge is -2.19. The molecule has 1 saturated heterocycles. The number of carbonyl (C=O) groups excluding carboxylic acids is 2. The maximum atomic E-state index is 12.2. The highest BCUT2D eigenvalue weighted by molar-refractivity contribution is 5.95. The van der Waals surface area contributed by atoms with Gasteiger partial charge in [-0.3, -0.25) is 20.4 Å². The lowest BCUT2D eigenvalue weighted by molar-refractivity contribution is -0.130. The van der Waals surface area contributed by atoms with E-state index in [0.29, 0.717) is 25.2 Å². The van der Waals surface area contributed by atoms with Crippen LogP contribution in [0, 0.1) is 0 Å². The van der Waals surface area contributed by atoms with Gasteiger partial charge in [0.15, 0.2) is 0 Å². The van der Waals surface area contributed by atoms with Gasteiger partial charge in [0.25, 0.3) is 11.8 Å². The van der Waals surface area contributed by atoms with E-state index in [1.54, 1.807) is 12.1 Å². The van der Waals surface area contributed by atoms with Crippen LogP contribution in [0.2, 0.25) is 0 Å². The van der Waals surface area contributed by atoms with Crippen molar-refractivity contribution in [2.75, 3.05) is 6.61 Å². The van der Waals surface area contributed by atoms with Gasteiger partial charge in [-0.05, 0) is 53.6 Å². The zero-order valence-electron chi connectivity index (χ0n) is 17.2. The molecular weight excluding hydrogens is 368 g/mol. The predicted octanol–water partition coefficient (Wildman–Crippen LogP) is 3.50. The first kappa shape index (κ1) is 20.9. The molecule has 2 N–H and O–H groups in total. The summed E-state index contributed by atoms with van der Waals surface area (Å²) in [4.78, 5) is 24.0. The van der Waals surface area contributed by atoms with Gasteiger partial charge in [0, 0.05) is 12.2 Å². The summed E-state index contributed by atoms with van der Waals surface area (Å²) in [6, 6.07) is 15.2. The second kappa shape index (κ2) is 9.09. The van der Waals surface area contributed by atoms with Crippen LogP contribution in [0.3, 0.4) is 0 Å². The molecule has 0 saturated carbocycles. The Labute approximate surface area is 171 Å². The zero-order valence-corrected chi connectivity index (χ0v) is 17.2. The van der Waals surface area contributed by atoms with Gasteiger partial charge in [0.05, 0.1) is 0 Å². The van der Waals surface area contributed by atoms with Crippen LogP contribution in [0.5, 0.6) is 5.75 Å². The third kappa shape index (κ3) is 5.81. The molecule has 1 aliphatic heterocycles. The fourth-order valence-electron chi connectivity index (χ4n) is 3.03. The minimum Gasteiger partial charge on any atom is -0.489 e. The van der Waals surface area contributed by atoms with Crippen LogP contribution in [-0.4, -0.2) is 24.5 Å². The molecular formula is C23H28N2O4. The summed E-state index contributed by atoms with van der Waals surface area (Å²) in [5.41, 5.74) is 7.60. The molecule has 0 radical (unpaired) electrons. The Kier molecular flexibility index (Phi) is 6.54. The van der Waals surface area contributed by atoms with Crippen LogP contribution in [0.1, 0.15) is 55.1 Å². The maximum absolute atomic E-state index is 12.2. The molecule has 2 aromatic rings. The summed E-state index contributed by atoms with van der Waals surface area (Å²) in [6.45, 7) is 7.51. The third-order valence-electron chi connectivity index (χ3n) is 4.86. The first-order valence-electron chi connectivity index (χ1n) is 9.87. The monoisotopic (exact) mass is 396 g/mol. The van der Waals surface area contributed by atoms with Gasteiger partial charge >= 0.3 is 0 Å². The molecule has 29 heavy (non-hydrogen) atoms. The number of ether oxygens (including phenoxy) is 2. The van der Waals surface area contributed by atoms with Crippen molar-refractivity contribution in [1.82, 2.24) is 10.9 Å². The van der Waals surface area contributed by atoms with E-state index in [1.807, 2.05) is 24.3 Å². The van der Waals surface area contributed by atoms with Gasteiger partial charge in [0.1, 0.15) is 18.5 Å². The molecule has 0 aliphatic carbocycles. The number of amides is 2. The summed E-state index contributed by atoms with van der Waals surface area (Å²) >= 11 is 0. The van der Waals surface area contributed by atoms with E-state index in [4.69, 9.17) is 9.47 Å². The van der Waals surface area contributed by atoms with Gasteiger partial charge in [-0.2, -0.15) is 0 Å². The van der Waals surface area contributed by atoms with Crippen molar-refractivity contribution in [2.45, 2.75) is 51.7 Å². The van der Waals surface area contributed by atoms with Crippen LogP contribution in [0.4, 0.5) is 0 Å². The van der Waals surface area contributed by atoms with E-state index in [0.717, 1.165) is 17.7 Å². The normalized spacial score (nSPS) is 16.3. The molecule has 3 rings (SSSR count). The highest BCUT2D eigenvalue weighted by atomic mass is 16.5. The van der Waals surface area contributed by atoms with Crippen molar-refractivity contribution in [3.05, 3.63) is 65.2 Å². The first-order valence-corrected chi connectivity index (χ1v) is 9.87. The number of carbonyl (C=O) groups is 2. The van der Waals surface area contributed by atoms with Gasteiger partial charge in [-0.25, -0.2) is 0 Å². The Balaban J connectivity index is 1.48. The quantitative estimate of drug-likeness (QED) is 0.759. The van der Waals surface area contributed by atoms with Crippen LogP contribution in [0.25, 0.3) is 0 Å². The minimum atomic E-state index is -0.479. The van der Waals surface area contributed by atoms with Gasteiger partial charge in [-0.15, -0.1) is 0 Å². The first-order chi connectivity index (χ1) is 13.8. The van der Waals surface area contributed by atoms with Gasteiger partial charge in [-0.1, -0.05) is 45.0 Å². The van der Waals surface area contributed by atoms with E-state index in [1.165, 1.54) is 5.56 Å². The molecule has 1 unspecified atom stereocenters. The van der Waals surface area contributed by atoms with Crippen molar-refractivity contribution in [1.29, 1.82) is 0 Å². The molecule has 0 bridgehead atoms. The molecule has 6 nitrogen and oxygen atoms in total. The summed E-state index contributed by atoms with van der Waals surface area (Å²) in [5, 5.41) is 0. The Morgan fingerprint density at radius 2 is 1.72 bits per heavy atom. The SMILES string of the molecule is CC(C)(C)c1ccc(OCc2ccc(C(=O)NNC(=O)C3CCCO3)cc2)cc1. The Hall–Kier alpha value is -2.86. The smallest absolute Gasteiger partial charge is 0.269 e. The second-order valence-corrected chi connectivity index (χ2v) is 8.21. The van der Waals surface area contributed by atoms with Crippen molar-refractivity contribution in [2.24, 2.45) is 0 Å². The topological polar surface area (TPSA) is 76.7 Å². The highest BCUT2D eigenvalue weighted by Crippen LogP contribution is 2.24. The molecule has 154 valence electrons. The molecule has 0 aromatic heterocycles. The van der Waals surface area contributed by atoms with E-state index in [2.05, 4.69) is 43.8 Å². The number of hydrogen-bond acceptors (Lipinski definition) is 4. The summed E-state index contributed by atoms with van der Waals surface area (Å²) in [7, 11) is 0. The highest BCUT2D eigenvalue weighted by Gasteiger charge is 2.23. The molecule has 1 fully saturated rings. The lowest BCUT2D eigenvalue weighted by atomic mass is 9.87. The van der Waals surface area contributed by atoms with E-state index < -0.39 is 6.10 Å². The zero-order chi connectivity index (χ0) is 20.9. The number of rotatable bonds is 5. The summed E-state index contributed by atoms with van der Waals surface area (Å²) < 4.78 is 11.1. The molecule has 1 aliphatic rings. The lowest BCUT2D eigenvalue weighted by Crippen LogP contribution is -2.46. The summed E-state index contributed by atoms with van der Waals surface area (Å²) in [5.74, 6) is 0.108. The number of benzene rings is 2. The predicted molar refractivity (Wildman–Crippen MR) is 110 cm³/mol. The Morgan fingerprint density at radius 3 is 2.31 bits per heavy atom. The standard InChI is InChI=1S/C23H28N2O4/c1-23(2,3)18-10-12-19(13-11-18)29-15-16-6-8-17(9-7-16)21(26)24-25-22(27)20-5-4-14-28-20/h6-13,20H,4-5,14-15H2,1-3H3,(H,24,26)(H,25,27). The average Bonchev–Trinajstić information content (AvgIpc) is 3.25. The van der Waals surface area contributed by atoms with Crippen molar-refractivity contribution >= 4 is 11.8 Å². The van der Waals surface area contributed by atoms with Crippen molar-refractivity contribution in [3.8, 4) is 5.75 Å². The summed E-state index contributed by atoms with van der Waals surface area (Å²) in [6.07, 6.45) is 1.05. The Morgan fingerprint density at radius 1 is 1.03 bits per heavy atom. The fourth-order valence-corrected chi connectivity index (χ4v) is 3.03. The largest absolute Gasteiger partial charge is 0.489 e. The van der Waals surface area contributed by atoms with Crippen LogP contribution >= 0.6 is 0 Å². The van der Waals surface area contributed by atoms with Crippen LogP contribution in [0.15, 0.2) is 48.5 Å². The third-order valence-corrected chi connectivity index (χ3v) is 4.86. The number of hydrazine groups is 1. The van der Waals surface area contributed by atoms with Crippen LogP contribution in [-0.2, 0) is 21.6 Å². The molecule has 1 heterocycles. The van der Waals surface area contributed by atoms with E-state index in [-0.39, 0.29) is 17.2 Å². The van der Waals surface area contributed by atoms with Crippen molar-refractivity contribution < 1.29 is 19.1 Å². The number of nitrogens with one attached hydrogen (secondary N) is 2. The molecule has 0 spiro atoms. The fraction of sp³-hybridized carbons (Fsp3) is 0.391. The molecule has 6 heteroatoms. The van der Waals surface area contributed by atoms with Gasteiger partial charge in [0.2, 0.25) is 0 Å². The maximum Gasteiger partial charge on any atom is 0.269 e. The van der Waals surface area contributed by atoms with E-state index in [9.17, 15) is 9.59 Å². The average molecular weight is 396 g/mol. The van der Waals surface area contributed by atoms with E-state index >= 15 is 0 Å². The molecule has 2 aromatic carbocycles. The van der Waals surface area contributed by atoms with Crippen LogP contribution < -0.4 is 15.6 Å². The van der Waals surface area contributed by atoms with Crippen molar-refractivity contribution in [3.63, 3.8) is 0 Å². The minimum absolute atomic E-state index is 0.110. The molecule has 2 amide bonds. The van der Waals surface area contributed by atoms with Gasteiger partial charge < -0.3 is 9.47 Å².